The minimum absolute atomic E-state index is 0.125. The standard InChI is InChI=1S/C28H46O2/c1-4-6-7-8-9-10-12-19-28(20-13-11-14-21-28)22-18-25-16-17-26(23-24(25)3)30-27(29)15-5-2/h16-17,23H,4-15,18-22H2,1-3H3. The highest BCUT2D eigenvalue weighted by molar-refractivity contribution is 5.72. The maximum absolute atomic E-state index is 11.8. The second kappa shape index (κ2) is 13.9. The third-order valence-corrected chi connectivity index (χ3v) is 7.15. The largest absolute Gasteiger partial charge is 0.427 e. The number of hydrogen-bond acceptors (Lipinski definition) is 2. The average Bonchev–Trinajstić information content (AvgIpc) is 2.73. The van der Waals surface area contributed by atoms with E-state index in [4.69, 9.17) is 4.74 Å². The molecule has 0 spiro atoms. The van der Waals surface area contributed by atoms with Crippen molar-refractivity contribution in [2.75, 3.05) is 0 Å². The Balaban J connectivity index is 1.85. The fourth-order valence-corrected chi connectivity index (χ4v) is 5.18. The molecule has 1 aliphatic rings. The van der Waals surface area contributed by atoms with Crippen molar-refractivity contribution in [1.29, 1.82) is 0 Å². The van der Waals surface area contributed by atoms with Gasteiger partial charge in [0.05, 0.1) is 0 Å². The molecule has 0 amide bonds. The lowest BCUT2D eigenvalue weighted by atomic mass is 9.67. The van der Waals surface area contributed by atoms with E-state index < -0.39 is 0 Å². The first kappa shape index (κ1) is 25.0. The normalized spacial score (nSPS) is 15.8. The molecule has 1 aromatic carbocycles. The molecule has 0 aliphatic heterocycles. The third kappa shape index (κ3) is 8.82. The van der Waals surface area contributed by atoms with Gasteiger partial charge in [-0.3, -0.25) is 4.79 Å². The van der Waals surface area contributed by atoms with Gasteiger partial charge in [-0.2, -0.15) is 0 Å². The van der Waals surface area contributed by atoms with Crippen LogP contribution in [0.4, 0.5) is 0 Å². The molecule has 0 heterocycles. The monoisotopic (exact) mass is 414 g/mol. The van der Waals surface area contributed by atoms with Crippen LogP contribution in [0.5, 0.6) is 5.75 Å². The van der Waals surface area contributed by atoms with Crippen LogP contribution in [-0.2, 0) is 11.2 Å². The second-order valence-corrected chi connectivity index (χ2v) is 9.74. The van der Waals surface area contributed by atoms with E-state index >= 15 is 0 Å². The molecule has 2 nitrogen and oxygen atoms in total. The van der Waals surface area contributed by atoms with Gasteiger partial charge in [-0.15, -0.1) is 0 Å². The van der Waals surface area contributed by atoms with Gasteiger partial charge in [0.25, 0.3) is 0 Å². The molecular formula is C28H46O2. The predicted molar refractivity (Wildman–Crippen MR) is 128 cm³/mol. The first-order chi connectivity index (χ1) is 14.6. The smallest absolute Gasteiger partial charge is 0.311 e. The molecule has 2 heteroatoms. The van der Waals surface area contributed by atoms with Crippen LogP contribution < -0.4 is 4.74 Å². The SMILES string of the molecule is CCCCCCCCCC1(CCc2ccc(OC(=O)CCC)cc2C)CCCCC1. The van der Waals surface area contributed by atoms with Crippen LogP contribution in [0, 0.1) is 12.3 Å². The number of hydrogen-bond donors (Lipinski definition) is 0. The molecule has 0 atom stereocenters. The van der Waals surface area contributed by atoms with Crippen molar-refractivity contribution in [1.82, 2.24) is 0 Å². The number of unbranched alkanes of at least 4 members (excludes halogenated alkanes) is 6. The summed E-state index contributed by atoms with van der Waals surface area (Å²) in [6.07, 6.45) is 22.2. The summed E-state index contributed by atoms with van der Waals surface area (Å²) in [5.74, 6) is 0.575. The number of esters is 1. The fraction of sp³-hybridized carbons (Fsp3) is 0.750. The third-order valence-electron chi connectivity index (χ3n) is 7.15. The molecule has 0 saturated heterocycles. The molecule has 1 fully saturated rings. The summed E-state index contributed by atoms with van der Waals surface area (Å²) in [4.78, 5) is 11.8. The molecule has 0 unspecified atom stereocenters. The van der Waals surface area contributed by atoms with Crippen molar-refractivity contribution in [2.24, 2.45) is 5.41 Å². The number of rotatable bonds is 14. The lowest BCUT2D eigenvalue weighted by Gasteiger charge is -2.38. The van der Waals surface area contributed by atoms with E-state index in [1.165, 1.54) is 101 Å². The Bertz CT molecular complexity index is 613. The van der Waals surface area contributed by atoms with Gasteiger partial charge in [0, 0.05) is 6.42 Å². The van der Waals surface area contributed by atoms with Gasteiger partial charge in [-0.05, 0) is 74.1 Å². The molecule has 0 bridgehead atoms. The minimum atomic E-state index is -0.125. The van der Waals surface area contributed by atoms with Gasteiger partial charge in [0.1, 0.15) is 5.75 Å². The van der Waals surface area contributed by atoms with E-state index in [2.05, 4.69) is 19.9 Å². The van der Waals surface area contributed by atoms with Crippen LogP contribution in [0.1, 0.15) is 128 Å². The highest BCUT2D eigenvalue weighted by Crippen LogP contribution is 2.44. The number of carbonyl (C=O) groups excluding carboxylic acids is 1. The molecule has 2 rings (SSSR count). The van der Waals surface area contributed by atoms with Crippen molar-refractivity contribution in [3.63, 3.8) is 0 Å². The molecule has 1 saturated carbocycles. The van der Waals surface area contributed by atoms with E-state index in [9.17, 15) is 4.79 Å². The lowest BCUT2D eigenvalue weighted by Crippen LogP contribution is -2.25. The minimum Gasteiger partial charge on any atom is -0.427 e. The molecule has 170 valence electrons. The average molecular weight is 415 g/mol. The summed E-state index contributed by atoms with van der Waals surface area (Å²) in [6.45, 7) is 6.46. The summed E-state index contributed by atoms with van der Waals surface area (Å²) < 4.78 is 5.47. The molecular weight excluding hydrogens is 368 g/mol. The van der Waals surface area contributed by atoms with Crippen molar-refractivity contribution in [2.45, 2.75) is 130 Å². The van der Waals surface area contributed by atoms with E-state index in [0.29, 0.717) is 17.6 Å². The van der Waals surface area contributed by atoms with Gasteiger partial charge in [-0.1, -0.05) is 84.1 Å². The maximum atomic E-state index is 11.8. The van der Waals surface area contributed by atoms with Crippen LogP contribution in [-0.4, -0.2) is 5.97 Å². The number of benzene rings is 1. The zero-order chi connectivity index (χ0) is 21.7. The van der Waals surface area contributed by atoms with Gasteiger partial charge >= 0.3 is 5.97 Å². The molecule has 1 aliphatic carbocycles. The van der Waals surface area contributed by atoms with E-state index in [-0.39, 0.29) is 5.97 Å². The van der Waals surface area contributed by atoms with Crippen LogP contribution in [0.3, 0.4) is 0 Å². The number of aryl methyl sites for hydroxylation is 2. The van der Waals surface area contributed by atoms with E-state index in [1.807, 2.05) is 19.1 Å². The highest BCUT2D eigenvalue weighted by Gasteiger charge is 2.31. The summed E-state index contributed by atoms with van der Waals surface area (Å²) in [6, 6.07) is 6.22. The number of ether oxygens (including phenoxy) is 1. The first-order valence-corrected chi connectivity index (χ1v) is 12.9. The Hall–Kier alpha value is -1.31. The molecule has 0 aromatic heterocycles. The second-order valence-electron chi connectivity index (χ2n) is 9.74. The van der Waals surface area contributed by atoms with Crippen LogP contribution in [0.2, 0.25) is 0 Å². The zero-order valence-electron chi connectivity index (χ0n) is 20.1. The van der Waals surface area contributed by atoms with Crippen molar-refractivity contribution < 1.29 is 9.53 Å². The van der Waals surface area contributed by atoms with E-state index in [1.54, 1.807) is 0 Å². The summed E-state index contributed by atoms with van der Waals surface area (Å²) in [7, 11) is 0. The Morgan fingerprint density at radius 1 is 0.900 bits per heavy atom. The molecule has 1 aromatic rings. The van der Waals surface area contributed by atoms with Crippen molar-refractivity contribution >= 4 is 5.97 Å². The van der Waals surface area contributed by atoms with E-state index in [0.717, 1.165) is 12.8 Å². The zero-order valence-corrected chi connectivity index (χ0v) is 20.1. The van der Waals surface area contributed by atoms with Gasteiger partial charge in [0.15, 0.2) is 0 Å². The molecule has 0 radical (unpaired) electrons. The van der Waals surface area contributed by atoms with Gasteiger partial charge in [0.2, 0.25) is 0 Å². The topological polar surface area (TPSA) is 26.3 Å². The molecule has 30 heavy (non-hydrogen) atoms. The van der Waals surface area contributed by atoms with Gasteiger partial charge in [-0.25, -0.2) is 0 Å². The maximum Gasteiger partial charge on any atom is 0.311 e. The quantitative estimate of drug-likeness (QED) is 0.173. The Kier molecular flexibility index (Phi) is 11.6. The molecule has 0 N–H and O–H groups in total. The lowest BCUT2D eigenvalue weighted by molar-refractivity contribution is -0.134. The number of carbonyl (C=O) groups is 1. The Labute approximate surface area is 186 Å². The van der Waals surface area contributed by atoms with Crippen molar-refractivity contribution in [3.8, 4) is 5.75 Å². The first-order valence-electron chi connectivity index (χ1n) is 12.9. The predicted octanol–water partition coefficient (Wildman–Crippen LogP) is 8.72. The van der Waals surface area contributed by atoms with Gasteiger partial charge < -0.3 is 4.74 Å². The van der Waals surface area contributed by atoms with Crippen LogP contribution in [0.25, 0.3) is 0 Å². The summed E-state index contributed by atoms with van der Waals surface area (Å²) >= 11 is 0. The Morgan fingerprint density at radius 2 is 1.60 bits per heavy atom. The summed E-state index contributed by atoms with van der Waals surface area (Å²) in [5.41, 5.74) is 3.26. The summed E-state index contributed by atoms with van der Waals surface area (Å²) in [5, 5.41) is 0. The van der Waals surface area contributed by atoms with Crippen LogP contribution >= 0.6 is 0 Å². The highest BCUT2D eigenvalue weighted by atomic mass is 16.5. The van der Waals surface area contributed by atoms with Crippen molar-refractivity contribution in [3.05, 3.63) is 29.3 Å². The Morgan fingerprint density at radius 3 is 2.27 bits per heavy atom. The fourth-order valence-electron chi connectivity index (χ4n) is 5.18. The van der Waals surface area contributed by atoms with Crippen LogP contribution in [0.15, 0.2) is 18.2 Å².